The summed E-state index contributed by atoms with van der Waals surface area (Å²) >= 11 is 0. The maximum Gasteiger partial charge on any atom is 0.249 e. The Morgan fingerprint density at radius 3 is 2.40 bits per heavy atom. The quantitative estimate of drug-likeness (QED) is 0.854. The van der Waals surface area contributed by atoms with Crippen LogP contribution in [-0.2, 0) is 9.53 Å². The summed E-state index contributed by atoms with van der Waals surface area (Å²) < 4.78 is 5.97. The van der Waals surface area contributed by atoms with Crippen LogP contribution in [0.3, 0.4) is 0 Å². The van der Waals surface area contributed by atoms with Gasteiger partial charge in [-0.2, -0.15) is 0 Å². The Hall–Kier alpha value is -0.570. The van der Waals surface area contributed by atoms with Crippen LogP contribution in [0.25, 0.3) is 0 Å². The van der Waals surface area contributed by atoms with Gasteiger partial charge in [0.2, 0.25) is 5.91 Å². The summed E-state index contributed by atoms with van der Waals surface area (Å²) in [5.74, 6) is 1.65. The van der Waals surface area contributed by atoms with E-state index in [2.05, 4.69) is 19.2 Å². The molecule has 116 valence electrons. The molecule has 20 heavy (non-hydrogen) atoms. The lowest BCUT2D eigenvalue weighted by Gasteiger charge is -2.31. The second kappa shape index (κ2) is 7.44. The average molecular weight is 281 g/mol. The zero-order valence-electron chi connectivity index (χ0n) is 13.4. The third kappa shape index (κ3) is 4.76. The molecule has 0 aromatic heterocycles. The fourth-order valence-corrected chi connectivity index (χ4v) is 3.58. The van der Waals surface area contributed by atoms with Crippen molar-refractivity contribution < 1.29 is 9.53 Å². The topological polar surface area (TPSA) is 38.3 Å². The Kier molecular flexibility index (Phi) is 5.88. The largest absolute Gasteiger partial charge is 0.365 e. The third-order valence-corrected chi connectivity index (χ3v) is 5.02. The van der Waals surface area contributed by atoms with Gasteiger partial charge >= 0.3 is 0 Å². The van der Waals surface area contributed by atoms with Gasteiger partial charge in [0.05, 0.1) is 6.10 Å². The number of hydrogen-bond donors (Lipinski definition) is 1. The van der Waals surface area contributed by atoms with Gasteiger partial charge < -0.3 is 10.1 Å². The van der Waals surface area contributed by atoms with Gasteiger partial charge in [0.15, 0.2) is 0 Å². The molecule has 0 spiro atoms. The summed E-state index contributed by atoms with van der Waals surface area (Å²) in [5, 5.41) is 3.18. The number of carbonyl (C=O) groups excluding carboxylic acids is 1. The average Bonchev–Trinajstić information content (AvgIpc) is 2.41. The summed E-state index contributed by atoms with van der Waals surface area (Å²) in [5.41, 5.74) is 0. The number of nitrogens with one attached hydrogen (secondary N) is 1. The molecule has 3 unspecified atom stereocenters. The lowest BCUT2D eigenvalue weighted by atomic mass is 9.87. The van der Waals surface area contributed by atoms with Gasteiger partial charge in [0, 0.05) is 6.04 Å². The van der Waals surface area contributed by atoms with Crippen molar-refractivity contribution >= 4 is 5.91 Å². The summed E-state index contributed by atoms with van der Waals surface area (Å²) in [6.07, 6.45) is 9.47. The highest BCUT2D eigenvalue weighted by Gasteiger charge is 2.26. The Balaban J connectivity index is 1.71. The first-order valence-electron chi connectivity index (χ1n) is 8.50. The van der Waals surface area contributed by atoms with E-state index < -0.39 is 0 Å². The Morgan fingerprint density at radius 1 is 1.05 bits per heavy atom. The molecule has 0 radical (unpaired) electrons. The summed E-state index contributed by atoms with van der Waals surface area (Å²) in [7, 11) is 0. The van der Waals surface area contributed by atoms with Crippen LogP contribution >= 0.6 is 0 Å². The van der Waals surface area contributed by atoms with Crippen LogP contribution in [0.5, 0.6) is 0 Å². The standard InChI is InChI=1S/C17H31NO2/c1-12-7-9-15(10-8-12)18-17(19)14(3)20-16-6-4-5-13(2)11-16/h12-16H,4-11H2,1-3H3,(H,18,19). The van der Waals surface area contributed by atoms with Crippen LogP contribution in [0.15, 0.2) is 0 Å². The Morgan fingerprint density at radius 2 is 1.75 bits per heavy atom. The van der Waals surface area contributed by atoms with E-state index in [1.54, 1.807) is 0 Å². The molecule has 2 aliphatic rings. The molecule has 2 saturated carbocycles. The first-order chi connectivity index (χ1) is 9.54. The molecule has 2 rings (SSSR count). The minimum Gasteiger partial charge on any atom is -0.365 e. The van der Waals surface area contributed by atoms with E-state index >= 15 is 0 Å². The van der Waals surface area contributed by atoms with E-state index in [0.717, 1.165) is 37.5 Å². The predicted octanol–water partition coefficient (Wildman–Crippen LogP) is 3.67. The van der Waals surface area contributed by atoms with E-state index in [1.807, 2.05) is 6.92 Å². The molecule has 3 heteroatoms. The van der Waals surface area contributed by atoms with E-state index in [1.165, 1.54) is 25.7 Å². The van der Waals surface area contributed by atoms with Crippen molar-refractivity contribution in [2.24, 2.45) is 11.8 Å². The number of carbonyl (C=O) groups is 1. The molecule has 0 heterocycles. The van der Waals surface area contributed by atoms with Crippen LogP contribution in [0, 0.1) is 11.8 Å². The van der Waals surface area contributed by atoms with Gasteiger partial charge in [0.25, 0.3) is 0 Å². The second-order valence-corrected chi connectivity index (χ2v) is 7.14. The lowest BCUT2D eigenvalue weighted by molar-refractivity contribution is -0.138. The van der Waals surface area contributed by atoms with Gasteiger partial charge in [-0.25, -0.2) is 0 Å². The number of ether oxygens (including phenoxy) is 1. The van der Waals surface area contributed by atoms with Gasteiger partial charge in [-0.05, 0) is 57.3 Å². The van der Waals surface area contributed by atoms with E-state index in [0.29, 0.717) is 6.04 Å². The van der Waals surface area contributed by atoms with Crippen molar-refractivity contribution in [1.29, 1.82) is 0 Å². The van der Waals surface area contributed by atoms with Crippen LogP contribution in [0.2, 0.25) is 0 Å². The van der Waals surface area contributed by atoms with Crippen LogP contribution in [0.4, 0.5) is 0 Å². The lowest BCUT2D eigenvalue weighted by Crippen LogP contribution is -2.44. The molecular weight excluding hydrogens is 250 g/mol. The SMILES string of the molecule is CC1CCC(NC(=O)C(C)OC2CCCC(C)C2)CC1. The molecular formula is C17H31NO2. The number of rotatable bonds is 4. The van der Waals surface area contributed by atoms with Crippen molar-refractivity contribution in [1.82, 2.24) is 5.32 Å². The molecule has 0 saturated heterocycles. The fourth-order valence-electron chi connectivity index (χ4n) is 3.58. The van der Waals surface area contributed by atoms with E-state index in [9.17, 15) is 4.79 Å². The maximum atomic E-state index is 12.2. The van der Waals surface area contributed by atoms with Crippen LogP contribution in [-0.4, -0.2) is 24.2 Å². The zero-order valence-corrected chi connectivity index (χ0v) is 13.4. The van der Waals surface area contributed by atoms with Crippen molar-refractivity contribution in [2.45, 2.75) is 90.4 Å². The Bertz CT molecular complexity index is 310. The highest BCUT2D eigenvalue weighted by atomic mass is 16.5. The molecule has 0 aliphatic heterocycles. The number of hydrogen-bond acceptors (Lipinski definition) is 2. The third-order valence-electron chi connectivity index (χ3n) is 5.02. The maximum absolute atomic E-state index is 12.2. The molecule has 0 aromatic carbocycles. The van der Waals surface area contributed by atoms with Crippen molar-refractivity contribution in [3.8, 4) is 0 Å². The zero-order chi connectivity index (χ0) is 14.5. The second-order valence-electron chi connectivity index (χ2n) is 7.14. The molecule has 2 aliphatic carbocycles. The molecule has 2 fully saturated rings. The van der Waals surface area contributed by atoms with E-state index in [-0.39, 0.29) is 18.1 Å². The van der Waals surface area contributed by atoms with Crippen molar-refractivity contribution in [3.05, 3.63) is 0 Å². The number of amides is 1. The van der Waals surface area contributed by atoms with Crippen molar-refractivity contribution in [3.63, 3.8) is 0 Å². The van der Waals surface area contributed by atoms with Gasteiger partial charge in [-0.1, -0.05) is 26.7 Å². The monoisotopic (exact) mass is 281 g/mol. The molecule has 0 aromatic rings. The van der Waals surface area contributed by atoms with E-state index in [4.69, 9.17) is 4.74 Å². The van der Waals surface area contributed by atoms with Crippen LogP contribution in [0.1, 0.15) is 72.1 Å². The molecule has 3 nitrogen and oxygen atoms in total. The normalized spacial score (nSPS) is 36.4. The van der Waals surface area contributed by atoms with Gasteiger partial charge in [-0.3, -0.25) is 4.79 Å². The molecule has 1 amide bonds. The molecule has 0 bridgehead atoms. The first kappa shape index (κ1) is 15.8. The molecule has 1 N–H and O–H groups in total. The Labute approximate surface area is 123 Å². The van der Waals surface area contributed by atoms with Gasteiger partial charge in [-0.15, -0.1) is 0 Å². The van der Waals surface area contributed by atoms with Crippen LogP contribution < -0.4 is 5.32 Å². The highest BCUT2D eigenvalue weighted by Crippen LogP contribution is 2.27. The minimum absolute atomic E-state index is 0.0859. The van der Waals surface area contributed by atoms with Crippen molar-refractivity contribution in [2.75, 3.05) is 0 Å². The summed E-state index contributed by atoms with van der Waals surface area (Å²) in [6, 6.07) is 0.370. The smallest absolute Gasteiger partial charge is 0.249 e. The molecule has 3 atom stereocenters. The minimum atomic E-state index is -0.301. The summed E-state index contributed by atoms with van der Waals surface area (Å²) in [4.78, 5) is 12.2. The van der Waals surface area contributed by atoms with Gasteiger partial charge in [0.1, 0.15) is 6.10 Å². The fraction of sp³-hybridized carbons (Fsp3) is 0.941. The highest BCUT2D eigenvalue weighted by molar-refractivity contribution is 5.80. The predicted molar refractivity (Wildman–Crippen MR) is 81.5 cm³/mol. The summed E-state index contributed by atoms with van der Waals surface area (Å²) in [6.45, 7) is 6.48. The first-order valence-corrected chi connectivity index (χ1v) is 8.50.